The average Bonchev–Trinajstić information content (AvgIpc) is 3.80. The van der Waals surface area contributed by atoms with Crippen molar-refractivity contribution >= 4 is 43.6 Å². The Morgan fingerprint density at radius 2 is 1.00 bits per heavy atom. The molecule has 0 radical (unpaired) electrons. The number of pyridine rings is 1. The van der Waals surface area contributed by atoms with Crippen molar-refractivity contribution in [2.45, 2.75) is 19.3 Å². The minimum absolute atomic E-state index is 0.198. The third kappa shape index (κ3) is 4.43. The van der Waals surface area contributed by atoms with Gasteiger partial charge in [-0.15, -0.1) is 0 Å². The molecule has 0 unspecified atom stereocenters. The molecule has 0 bridgehead atoms. The van der Waals surface area contributed by atoms with Crippen LogP contribution >= 0.6 is 0 Å². The molecule has 3 aromatic heterocycles. The lowest BCUT2D eigenvalue weighted by molar-refractivity contribution is 0.609. The van der Waals surface area contributed by atoms with Crippen molar-refractivity contribution in [2.24, 2.45) is 0 Å². The van der Waals surface area contributed by atoms with Crippen LogP contribution in [0.15, 0.2) is 170 Å². The van der Waals surface area contributed by atoms with E-state index in [1.165, 1.54) is 49.3 Å². The minimum Gasteiger partial charge on any atom is -0.309 e. The van der Waals surface area contributed by atoms with Crippen molar-refractivity contribution in [2.75, 3.05) is 0 Å². The van der Waals surface area contributed by atoms with Gasteiger partial charge in [0.15, 0.2) is 0 Å². The molecule has 11 rings (SSSR count). The molecule has 0 N–H and O–H groups in total. The van der Waals surface area contributed by atoms with E-state index in [0.29, 0.717) is 0 Å². The first-order valence-corrected chi connectivity index (χ1v) is 18.5. The van der Waals surface area contributed by atoms with E-state index in [2.05, 4.69) is 175 Å². The molecule has 1 aliphatic carbocycles. The van der Waals surface area contributed by atoms with Crippen LogP contribution in [0.25, 0.3) is 88.6 Å². The fourth-order valence-corrected chi connectivity index (χ4v) is 8.98. The highest BCUT2D eigenvalue weighted by molar-refractivity contribution is 6.12. The van der Waals surface area contributed by atoms with Gasteiger partial charge >= 0.3 is 0 Å². The van der Waals surface area contributed by atoms with Gasteiger partial charge in [-0.1, -0.05) is 105 Å². The van der Waals surface area contributed by atoms with Gasteiger partial charge in [0.2, 0.25) is 0 Å². The van der Waals surface area contributed by atoms with Gasteiger partial charge in [0, 0.05) is 38.2 Å². The number of hydrogen-bond acceptors (Lipinski definition) is 1. The standard InChI is InChI=1S/C50H34FN3/c1-50(2)42-29-33(19-23-36(42)37-24-22-34(51)30-43(37)50)44-15-10-18-49(52-44)54-46-17-9-7-14-39(46)41-28-32(21-26-48(41)54)31-20-25-47-40(27-31)38-13-6-8-16-45(38)53(47)35-11-4-3-5-12-35/h3-30H,1-2H3. The van der Waals surface area contributed by atoms with Crippen LogP contribution in [0.4, 0.5) is 4.39 Å². The molecule has 0 amide bonds. The number of nitrogens with zero attached hydrogens (tertiary/aromatic N) is 3. The highest BCUT2D eigenvalue weighted by atomic mass is 19.1. The molecule has 1 aliphatic rings. The summed E-state index contributed by atoms with van der Waals surface area (Å²) in [5, 5.41) is 4.85. The smallest absolute Gasteiger partial charge is 0.138 e. The van der Waals surface area contributed by atoms with Gasteiger partial charge < -0.3 is 4.57 Å². The Hall–Kier alpha value is -6.78. The number of rotatable bonds is 4. The van der Waals surface area contributed by atoms with Crippen molar-refractivity contribution < 1.29 is 4.39 Å². The summed E-state index contributed by atoms with van der Waals surface area (Å²) in [4.78, 5) is 5.29. The number of benzene rings is 7. The fraction of sp³-hybridized carbons (Fsp3) is 0.0600. The van der Waals surface area contributed by atoms with E-state index in [1.807, 2.05) is 6.07 Å². The van der Waals surface area contributed by atoms with E-state index in [4.69, 9.17) is 4.98 Å². The molecular formula is C50H34FN3. The van der Waals surface area contributed by atoms with Gasteiger partial charge in [0.05, 0.1) is 27.8 Å². The number of hydrogen-bond donors (Lipinski definition) is 0. The van der Waals surface area contributed by atoms with Crippen LogP contribution in [0.5, 0.6) is 0 Å². The Kier molecular flexibility index (Phi) is 6.48. The van der Waals surface area contributed by atoms with Crippen molar-refractivity contribution in [3.05, 3.63) is 187 Å². The van der Waals surface area contributed by atoms with Gasteiger partial charge in [-0.25, -0.2) is 9.37 Å². The van der Waals surface area contributed by atoms with Crippen molar-refractivity contribution in [3.8, 4) is 45.0 Å². The van der Waals surface area contributed by atoms with E-state index >= 15 is 0 Å². The van der Waals surface area contributed by atoms with Crippen LogP contribution in [0.3, 0.4) is 0 Å². The molecule has 0 fully saturated rings. The molecule has 0 spiro atoms. The van der Waals surface area contributed by atoms with Crippen LogP contribution in [0.2, 0.25) is 0 Å². The van der Waals surface area contributed by atoms with Gasteiger partial charge in [0.25, 0.3) is 0 Å². The number of fused-ring (bicyclic) bond motifs is 9. The van der Waals surface area contributed by atoms with Crippen molar-refractivity contribution in [3.63, 3.8) is 0 Å². The fourth-order valence-electron chi connectivity index (χ4n) is 8.98. The Morgan fingerprint density at radius 3 is 1.70 bits per heavy atom. The number of para-hydroxylation sites is 3. The molecule has 3 nitrogen and oxygen atoms in total. The molecule has 4 heteroatoms. The maximum absolute atomic E-state index is 14.3. The van der Waals surface area contributed by atoms with Crippen molar-refractivity contribution in [1.82, 2.24) is 14.1 Å². The molecule has 0 saturated heterocycles. The maximum atomic E-state index is 14.3. The Bertz CT molecular complexity index is 3150. The third-order valence-electron chi connectivity index (χ3n) is 11.6. The van der Waals surface area contributed by atoms with E-state index in [1.54, 1.807) is 12.1 Å². The number of halogens is 1. The molecule has 54 heavy (non-hydrogen) atoms. The first kappa shape index (κ1) is 30.8. The van der Waals surface area contributed by atoms with Gasteiger partial charge in [-0.2, -0.15) is 0 Å². The summed E-state index contributed by atoms with van der Waals surface area (Å²) in [5.41, 5.74) is 14.3. The van der Waals surface area contributed by atoms with Gasteiger partial charge in [-0.05, 0) is 112 Å². The third-order valence-corrected chi connectivity index (χ3v) is 11.6. The summed E-state index contributed by atoms with van der Waals surface area (Å²) < 4.78 is 19.0. The molecule has 7 aromatic carbocycles. The van der Waals surface area contributed by atoms with Crippen LogP contribution in [0, 0.1) is 5.82 Å². The summed E-state index contributed by atoms with van der Waals surface area (Å²) in [6.45, 7) is 4.36. The molecule has 3 heterocycles. The quantitative estimate of drug-likeness (QED) is 0.180. The SMILES string of the molecule is CC1(C)c2cc(F)ccc2-c2ccc(-c3cccc(-n4c5ccccc5c5cc(-c6ccc7c(c6)c6ccccc6n7-c6ccccc6)ccc54)n3)cc21. The second kappa shape index (κ2) is 11.4. The van der Waals surface area contributed by atoms with E-state index in [9.17, 15) is 4.39 Å². The lowest BCUT2D eigenvalue weighted by Gasteiger charge is -2.22. The molecule has 0 aliphatic heterocycles. The van der Waals surface area contributed by atoms with Gasteiger partial charge in [0.1, 0.15) is 11.6 Å². The lowest BCUT2D eigenvalue weighted by Crippen LogP contribution is -2.15. The Balaban J connectivity index is 1.03. The van der Waals surface area contributed by atoms with Gasteiger partial charge in [-0.3, -0.25) is 4.57 Å². The highest BCUT2D eigenvalue weighted by Gasteiger charge is 2.36. The molecule has 0 saturated carbocycles. The zero-order chi connectivity index (χ0) is 36.1. The summed E-state index contributed by atoms with van der Waals surface area (Å²) in [5.74, 6) is 0.669. The predicted molar refractivity (Wildman–Crippen MR) is 221 cm³/mol. The predicted octanol–water partition coefficient (Wildman–Crippen LogP) is 13.1. The Morgan fingerprint density at radius 1 is 0.444 bits per heavy atom. The second-order valence-electron chi connectivity index (χ2n) is 15.0. The highest BCUT2D eigenvalue weighted by Crippen LogP contribution is 2.50. The first-order valence-electron chi connectivity index (χ1n) is 18.5. The van der Waals surface area contributed by atoms with Crippen LogP contribution in [-0.4, -0.2) is 14.1 Å². The minimum atomic E-state index is -0.311. The zero-order valence-corrected chi connectivity index (χ0v) is 29.9. The zero-order valence-electron chi connectivity index (χ0n) is 29.9. The Labute approximate surface area is 312 Å². The van der Waals surface area contributed by atoms with E-state index < -0.39 is 0 Å². The topological polar surface area (TPSA) is 22.8 Å². The largest absolute Gasteiger partial charge is 0.309 e. The van der Waals surface area contributed by atoms with Crippen molar-refractivity contribution in [1.29, 1.82) is 0 Å². The van der Waals surface area contributed by atoms with E-state index in [-0.39, 0.29) is 11.2 Å². The maximum Gasteiger partial charge on any atom is 0.138 e. The van der Waals surface area contributed by atoms with Crippen LogP contribution < -0.4 is 0 Å². The molecule has 0 atom stereocenters. The van der Waals surface area contributed by atoms with Crippen LogP contribution in [0.1, 0.15) is 25.0 Å². The average molecular weight is 696 g/mol. The normalized spacial score (nSPS) is 13.2. The second-order valence-corrected chi connectivity index (χ2v) is 15.0. The summed E-state index contributed by atoms with van der Waals surface area (Å²) in [6.07, 6.45) is 0. The summed E-state index contributed by atoms with van der Waals surface area (Å²) >= 11 is 0. The number of aromatic nitrogens is 3. The monoisotopic (exact) mass is 695 g/mol. The lowest BCUT2D eigenvalue weighted by atomic mass is 9.82. The van der Waals surface area contributed by atoms with E-state index in [0.717, 1.165) is 50.5 Å². The summed E-state index contributed by atoms with van der Waals surface area (Å²) in [7, 11) is 0. The summed E-state index contributed by atoms with van der Waals surface area (Å²) in [6, 6.07) is 59.5. The van der Waals surface area contributed by atoms with Crippen LogP contribution in [-0.2, 0) is 5.41 Å². The molecular weight excluding hydrogens is 662 g/mol. The first-order chi connectivity index (χ1) is 26.4. The molecule has 256 valence electrons. The molecule has 10 aromatic rings.